The van der Waals surface area contributed by atoms with Crippen LogP contribution in [0.2, 0.25) is 0 Å². The van der Waals surface area contributed by atoms with Crippen LogP contribution in [0.4, 0.5) is 0 Å². The van der Waals surface area contributed by atoms with Gasteiger partial charge in [-0.3, -0.25) is 4.99 Å². The first-order valence-corrected chi connectivity index (χ1v) is 11.6. The van der Waals surface area contributed by atoms with Crippen molar-refractivity contribution in [3.05, 3.63) is 41.3 Å². The van der Waals surface area contributed by atoms with Crippen molar-refractivity contribution in [1.29, 1.82) is 0 Å². The average Bonchev–Trinajstić information content (AvgIpc) is 3.12. The third-order valence-electron chi connectivity index (χ3n) is 3.99. The van der Waals surface area contributed by atoms with Crippen LogP contribution in [0.1, 0.15) is 18.2 Å². The van der Waals surface area contributed by atoms with Gasteiger partial charge >= 0.3 is 0 Å². The predicted octanol–water partition coefficient (Wildman–Crippen LogP) is 2.91. The summed E-state index contributed by atoms with van der Waals surface area (Å²) >= 11 is 1.72. The van der Waals surface area contributed by atoms with Gasteiger partial charge in [0.05, 0.1) is 19.4 Å². The van der Waals surface area contributed by atoms with Crippen molar-refractivity contribution in [3.63, 3.8) is 0 Å². The Kier molecular flexibility index (Phi) is 7.67. The smallest absolute Gasteiger partial charge is 0.191 e. The van der Waals surface area contributed by atoms with Gasteiger partial charge in [-0.2, -0.15) is 0 Å². The molecule has 0 saturated heterocycles. The summed E-state index contributed by atoms with van der Waals surface area (Å²) in [7, 11) is 0.412. The molecule has 2 rings (SSSR count). The Morgan fingerprint density at radius 2 is 1.93 bits per heavy atom. The standard InChI is InChI=1S/C19H27N3O3S2/c1-14(11-12-27(4,23)24)22-19(20-2)21-13-17-9-10-18(26-17)15-5-7-16(25-3)8-6-15/h5-10,14H,11-13H2,1-4H3,(H2,20,21,22). The number of aliphatic imine (C=N–C) groups is 1. The number of hydrogen-bond donors (Lipinski definition) is 2. The third-order valence-corrected chi connectivity index (χ3v) is 6.11. The summed E-state index contributed by atoms with van der Waals surface area (Å²) in [5.74, 6) is 1.67. The lowest BCUT2D eigenvalue weighted by Crippen LogP contribution is -2.42. The Morgan fingerprint density at radius 1 is 1.22 bits per heavy atom. The predicted molar refractivity (Wildman–Crippen MR) is 113 cm³/mol. The van der Waals surface area contributed by atoms with Crippen molar-refractivity contribution in [1.82, 2.24) is 10.6 Å². The minimum absolute atomic E-state index is 0.0177. The number of nitrogens with one attached hydrogen (secondary N) is 2. The number of benzene rings is 1. The van der Waals surface area contributed by atoms with Gasteiger partial charge in [0, 0.05) is 29.1 Å². The molecule has 1 aromatic heterocycles. The summed E-state index contributed by atoms with van der Waals surface area (Å²) < 4.78 is 27.8. The van der Waals surface area contributed by atoms with E-state index in [1.54, 1.807) is 25.5 Å². The average molecular weight is 410 g/mol. The van der Waals surface area contributed by atoms with Crippen LogP contribution in [-0.4, -0.2) is 46.6 Å². The van der Waals surface area contributed by atoms with Crippen LogP contribution in [0.15, 0.2) is 41.4 Å². The number of hydrogen-bond acceptors (Lipinski definition) is 5. The maximum Gasteiger partial charge on any atom is 0.191 e. The van der Waals surface area contributed by atoms with Gasteiger partial charge in [-0.25, -0.2) is 8.42 Å². The van der Waals surface area contributed by atoms with Crippen molar-refractivity contribution in [3.8, 4) is 16.2 Å². The van der Waals surface area contributed by atoms with E-state index in [4.69, 9.17) is 4.74 Å². The van der Waals surface area contributed by atoms with Crippen LogP contribution < -0.4 is 15.4 Å². The van der Waals surface area contributed by atoms with E-state index < -0.39 is 9.84 Å². The monoisotopic (exact) mass is 409 g/mol. The molecule has 27 heavy (non-hydrogen) atoms. The molecule has 0 spiro atoms. The normalized spacial score (nSPS) is 13.3. The van der Waals surface area contributed by atoms with Crippen LogP contribution in [0.25, 0.3) is 10.4 Å². The third kappa shape index (κ3) is 7.22. The Balaban J connectivity index is 1.88. The van der Waals surface area contributed by atoms with Crippen molar-refractivity contribution >= 4 is 27.1 Å². The molecule has 2 N–H and O–H groups in total. The SMILES string of the molecule is CN=C(NCc1ccc(-c2ccc(OC)cc2)s1)NC(C)CCS(C)(=O)=O. The van der Waals surface area contributed by atoms with Crippen molar-refractivity contribution < 1.29 is 13.2 Å². The zero-order valence-corrected chi connectivity index (χ0v) is 17.8. The molecule has 0 amide bonds. The van der Waals surface area contributed by atoms with Gasteiger partial charge in [0.15, 0.2) is 5.96 Å². The van der Waals surface area contributed by atoms with E-state index >= 15 is 0 Å². The van der Waals surface area contributed by atoms with E-state index in [1.807, 2.05) is 31.2 Å². The van der Waals surface area contributed by atoms with Gasteiger partial charge in [0.1, 0.15) is 15.6 Å². The Morgan fingerprint density at radius 3 is 2.52 bits per heavy atom. The molecular weight excluding hydrogens is 382 g/mol. The number of nitrogens with zero attached hydrogens (tertiary/aromatic N) is 1. The van der Waals surface area contributed by atoms with E-state index in [0.29, 0.717) is 18.9 Å². The molecule has 0 bridgehead atoms. The molecule has 2 aromatic rings. The van der Waals surface area contributed by atoms with Gasteiger partial charge in [-0.05, 0) is 55.3 Å². The molecule has 0 radical (unpaired) electrons. The van der Waals surface area contributed by atoms with Crippen molar-refractivity contribution in [2.24, 2.45) is 4.99 Å². The molecule has 1 heterocycles. The van der Waals surface area contributed by atoms with Crippen LogP contribution in [0.3, 0.4) is 0 Å². The van der Waals surface area contributed by atoms with E-state index in [9.17, 15) is 8.42 Å². The second kappa shape index (κ2) is 9.75. The molecule has 1 atom stereocenters. The molecule has 1 aromatic carbocycles. The highest BCUT2D eigenvalue weighted by Gasteiger charge is 2.10. The van der Waals surface area contributed by atoms with Gasteiger partial charge < -0.3 is 15.4 Å². The first-order chi connectivity index (χ1) is 12.8. The highest BCUT2D eigenvalue weighted by atomic mass is 32.2. The largest absolute Gasteiger partial charge is 0.497 e. The molecule has 0 aliphatic rings. The zero-order valence-electron chi connectivity index (χ0n) is 16.2. The highest BCUT2D eigenvalue weighted by Crippen LogP contribution is 2.29. The number of rotatable bonds is 8. The minimum atomic E-state index is -2.95. The fourth-order valence-electron chi connectivity index (χ4n) is 2.45. The van der Waals surface area contributed by atoms with Crippen molar-refractivity contribution in [2.75, 3.05) is 26.2 Å². The molecule has 0 fully saturated rings. The Bertz CT molecular complexity index is 859. The molecule has 0 saturated carbocycles. The first kappa shape index (κ1) is 21.2. The molecule has 1 unspecified atom stereocenters. The second-order valence-corrected chi connectivity index (χ2v) is 9.81. The maximum absolute atomic E-state index is 11.3. The van der Waals surface area contributed by atoms with Gasteiger partial charge in [-0.15, -0.1) is 11.3 Å². The van der Waals surface area contributed by atoms with Crippen LogP contribution in [-0.2, 0) is 16.4 Å². The molecule has 0 aliphatic heterocycles. The lowest BCUT2D eigenvalue weighted by Gasteiger charge is -2.17. The number of thiophene rings is 1. The van der Waals surface area contributed by atoms with Crippen molar-refractivity contribution in [2.45, 2.75) is 25.9 Å². The van der Waals surface area contributed by atoms with E-state index in [0.717, 1.165) is 11.3 Å². The summed E-state index contributed by atoms with van der Waals surface area (Å²) in [6, 6.07) is 12.2. The Hall–Kier alpha value is -2.06. The summed E-state index contributed by atoms with van der Waals surface area (Å²) in [5, 5.41) is 6.50. The van der Waals surface area contributed by atoms with Crippen LogP contribution >= 0.6 is 11.3 Å². The summed E-state index contributed by atoms with van der Waals surface area (Å²) in [6.07, 6.45) is 1.80. The summed E-state index contributed by atoms with van der Waals surface area (Å²) in [4.78, 5) is 6.59. The van der Waals surface area contributed by atoms with Crippen LogP contribution in [0, 0.1) is 0 Å². The second-order valence-electron chi connectivity index (χ2n) is 6.38. The summed E-state index contributed by atoms with van der Waals surface area (Å²) in [6.45, 7) is 2.60. The molecular formula is C19H27N3O3S2. The topological polar surface area (TPSA) is 79.8 Å². The number of sulfone groups is 1. The lowest BCUT2D eigenvalue weighted by molar-refractivity contribution is 0.415. The van der Waals surface area contributed by atoms with E-state index in [2.05, 4.69) is 27.8 Å². The number of ether oxygens (including phenoxy) is 1. The fourth-order valence-corrected chi connectivity index (χ4v) is 4.18. The molecule has 0 aliphatic carbocycles. The molecule has 148 valence electrons. The van der Waals surface area contributed by atoms with Gasteiger partial charge in [0.2, 0.25) is 0 Å². The van der Waals surface area contributed by atoms with Crippen LogP contribution in [0.5, 0.6) is 5.75 Å². The minimum Gasteiger partial charge on any atom is -0.497 e. The molecule has 6 nitrogen and oxygen atoms in total. The number of methoxy groups -OCH3 is 1. The highest BCUT2D eigenvalue weighted by molar-refractivity contribution is 7.90. The van der Waals surface area contributed by atoms with Gasteiger partial charge in [0.25, 0.3) is 0 Å². The van der Waals surface area contributed by atoms with E-state index in [-0.39, 0.29) is 11.8 Å². The quantitative estimate of drug-likeness (QED) is 0.518. The fraction of sp³-hybridized carbons (Fsp3) is 0.421. The molecule has 8 heteroatoms. The number of guanidine groups is 1. The Labute approximate surface area is 165 Å². The van der Waals surface area contributed by atoms with E-state index in [1.165, 1.54) is 16.0 Å². The lowest BCUT2D eigenvalue weighted by atomic mass is 10.2. The summed E-state index contributed by atoms with van der Waals surface area (Å²) in [5.41, 5.74) is 1.16. The first-order valence-electron chi connectivity index (χ1n) is 8.69. The maximum atomic E-state index is 11.3. The zero-order chi connectivity index (χ0) is 19.9. The van der Waals surface area contributed by atoms with Gasteiger partial charge in [-0.1, -0.05) is 0 Å².